The largest absolute Gasteiger partial charge is 0.508 e. The molecule has 1 aliphatic carbocycles. The molecule has 0 bridgehead atoms. The smallest absolute Gasteiger partial charge is 0.326 e. The zero-order valence-electron chi connectivity index (χ0n) is 18.2. The van der Waals surface area contributed by atoms with Gasteiger partial charge in [0, 0.05) is 5.56 Å². The van der Waals surface area contributed by atoms with Gasteiger partial charge in [-0.25, -0.2) is 4.98 Å². The predicted octanol–water partition coefficient (Wildman–Crippen LogP) is 5.95. The van der Waals surface area contributed by atoms with Crippen molar-refractivity contribution >= 4 is 17.0 Å². The highest BCUT2D eigenvalue weighted by Crippen LogP contribution is 2.28. The number of ether oxygens (including phenoxy) is 1. The van der Waals surface area contributed by atoms with Crippen LogP contribution in [0.4, 0.5) is 0 Å². The standard InChI is InChI=1S/C22H24N2O3.C3H8/c1-15-5-4-6-18(13-15)27-21(26)14-24-20-8-3-2-7-19(20)23-22(24)16-9-11-17(25)12-10-16;1-3-2/h2-3,7-12,15,18,25H,4-6,13-14H2,1H3;3H2,1-2H3/t15-,18+;/m1./s1. The zero-order chi connectivity index (χ0) is 21.5. The Morgan fingerprint density at radius 1 is 1.13 bits per heavy atom. The van der Waals surface area contributed by atoms with Gasteiger partial charge < -0.3 is 14.4 Å². The fourth-order valence-corrected chi connectivity index (χ4v) is 3.90. The van der Waals surface area contributed by atoms with Gasteiger partial charge in [-0.3, -0.25) is 4.79 Å². The molecule has 0 unspecified atom stereocenters. The van der Waals surface area contributed by atoms with Gasteiger partial charge in [0.15, 0.2) is 0 Å². The first kappa shape index (κ1) is 21.9. The van der Waals surface area contributed by atoms with E-state index < -0.39 is 0 Å². The third kappa shape index (κ3) is 5.41. The molecule has 30 heavy (non-hydrogen) atoms. The normalized spacial score (nSPS) is 18.5. The van der Waals surface area contributed by atoms with Gasteiger partial charge in [0.1, 0.15) is 24.2 Å². The Kier molecular flexibility index (Phi) is 7.50. The summed E-state index contributed by atoms with van der Waals surface area (Å²) in [6, 6.07) is 14.6. The first-order chi connectivity index (χ1) is 14.5. The predicted molar refractivity (Wildman–Crippen MR) is 120 cm³/mol. The van der Waals surface area contributed by atoms with Gasteiger partial charge in [0.05, 0.1) is 11.0 Å². The maximum Gasteiger partial charge on any atom is 0.326 e. The third-order valence-corrected chi connectivity index (χ3v) is 5.25. The van der Waals surface area contributed by atoms with E-state index in [1.165, 1.54) is 12.8 Å². The molecule has 0 saturated heterocycles. The van der Waals surface area contributed by atoms with Gasteiger partial charge in [0.25, 0.3) is 0 Å². The lowest BCUT2D eigenvalue weighted by molar-refractivity contribution is -0.151. The molecule has 160 valence electrons. The van der Waals surface area contributed by atoms with Crippen LogP contribution in [-0.2, 0) is 16.1 Å². The van der Waals surface area contributed by atoms with E-state index in [1.54, 1.807) is 24.3 Å². The van der Waals surface area contributed by atoms with E-state index in [0.29, 0.717) is 11.7 Å². The Balaban J connectivity index is 0.000000806. The average Bonchev–Trinajstić information content (AvgIpc) is 3.07. The molecule has 3 aromatic rings. The second kappa shape index (κ2) is 10.3. The van der Waals surface area contributed by atoms with E-state index in [9.17, 15) is 9.90 Å². The van der Waals surface area contributed by atoms with E-state index in [-0.39, 0.29) is 24.4 Å². The fourth-order valence-electron chi connectivity index (χ4n) is 3.90. The summed E-state index contributed by atoms with van der Waals surface area (Å²) < 4.78 is 7.67. The number of hydrogen-bond acceptors (Lipinski definition) is 4. The van der Waals surface area contributed by atoms with Gasteiger partial charge in [-0.2, -0.15) is 0 Å². The molecule has 1 N–H and O–H groups in total. The summed E-state index contributed by atoms with van der Waals surface area (Å²) in [7, 11) is 0. The number of rotatable bonds is 4. The minimum Gasteiger partial charge on any atom is -0.508 e. The van der Waals surface area contributed by atoms with Crippen molar-refractivity contribution < 1.29 is 14.6 Å². The summed E-state index contributed by atoms with van der Waals surface area (Å²) in [5.41, 5.74) is 2.58. The third-order valence-electron chi connectivity index (χ3n) is 5.25. The lowest BCUT2D eigenvalue weighted by atomic mass is 9.89. The number of carbonyl (C=O) groups excluding carboxylic acids is 1. The van der Waals surface area contributed by atoms with E-state index in [0.717, 1.165) is 35.9 Å². The van der Waals surface area contributed by atoms with Crippen molar-refractivity contribution in [3.63, 3.8) is 0 Å². The van der Waals surface area contributed by atoms with E-state index in [4.69, 9.17) is 9.72 Å². The molecule has 0 amide bonds. The molecule has 2 atom stereocenters. The zero-order valence-corrected chi connectivity index (χ0v) is 18.2. The average molecular weight is 409 g/mol. The molecule has 4 rings (SSSR count). The molecule has 1 heterocycles. The summed E-state index contributed by atoms with van der Waals surface area (Å²) in [5, 5.41) is 9.56. The quantitative estimate of drug-likeness (QED) is 0.542. The Bertz CT molecular complexity index is 962. The number of hydrogen-bond donors (Lipinski definition) is 1. The van der Waals surface area contributed by atoms with E-state index >= 15 is 0 Å². The van der Waals surface area contributed by atoms with Gasteiger partial charge in [-0.1, -0.05) is 45.7 Å². The molecular weight excluding hydrogens is 376 g/mol. The SMILES string of the molecule is CCC.C[C@@H]1CCC[C@H](OC(=O)Cn2c(-c3ccc(O)cc3)nc3ccccc32)C1. The minimum absolute atomic E-state index is 0.0214. The monoisotopic (exact) mass is 408 g/mol. The van der Waals surface area contributed by atoms with Crippen molar-refractivity contribution in [3.05, 3.63) is 48.5 Å². The molecule has 5 nitrogen and oxygen atoms in total. The molecular formula is C25H32N2O3. The fraction of sp³-hybridized carbons (Fsp3) is 0.440. The molecule has 2 aromatic carbocycles. The molecule has 1 aliphatic rings. The highest BCUT2D eigenvalue weighted by atomic mass is 16.5. The molecule has 5 heteroatoms. The lowest BCUT2D eigenvalue weighted by Gasteiger charge is -2.26. The van der Waals surface area contributed by atoms with Crippen LogP contribution < -0.4 is 0 Å². The Labute approximate surface area is 178 Å². The Morgan fingerprint density at radius 3 is 2.53 bits per heavy atom. The second-order valence-electron chi connectivity index (χ2n) is 8.15. The van der Waals surface area contributed by atoms with Crippen LogP contribution in [0.2, 0.25) is 0 Å². The lowest BCUT2D eigenvalue weighted by Crippen LogP contribution is -2.26. The number of aromatic nitrogens is 2. The van der Waals surface area contributed by atoms with Gasteiger partial charge in [-0.15, -0.1) is 0 Å². The number of fused-ring (bicyclic) bond motifs is 1. The summed E-state index contributed by atoms with van der Waals surface area (Å²) in [5.74, 6) is 1.29. The van der Waals surface area contributed by atoms with Gasteiger partial charge in [0.2, 0.25) is 0 Å². The molecule has 1 saturated carbocycles. The first-order valence-electron chi connectivity index (χ1n) is 11.0. The molecule has 1 aromatic heterocycles. The maximum atomic E-state index is 12.7. The number of benzene rings is 2. The second-order valence-corrected chi connectivity index (χ2v) is 8.15. The van der Waals surface area contributed by atoms with Crippen LogP contribution in [0.1, 0.15) is 52.9 Å². The van der Waals surface area contributed by atoms with Crippen molar-refractivity contribution in [1.82, 2.24) is 9.55 Å². The highest BCUT2D eigenvalue weighted by Gasteiger charge is 2.23. The van der Waals surface area contributed by atoms with Crippen LogP contribution in [0.15, 0.2) is 48.5 Å². The number of phenols is 1. The van der Waals surface area contributed by atoms with Crippen molar-refractivity contribution in [2.24, 2.45) is 5.92 Å². The van der Waals surface area contributed by atoms with Crippen molar-refractivity contribution in [3.8, 4) is 17.1 Å². The summed E-state index contributed by atoms with van der Waals surface area (Å²) in [6.07, 6.45) is 5.50. The summed E-state index contributed by atoms with van der Waals surface area (Å²) in [4.78, 5) is 17.4. The maximum absolute atomic E-state index is 12.7. The van der Waals surface area contributed by atoms with Crippen LogP contribution in [0, 0.1) is 5.92 Å². The van der Waals surface area contributed by atoms with Crippen LogP contribution in [0.3, 0.4) is 0 Å². The first-order valence-corrected chi connectivity index (χ1v) is 11.0. The molecule has 0 aliphatic heterocycles. The summed E-state index contributed by atoms with van der Waals surface area (Å²) in [6.45, 7) is 6.59. The topological polar surface area (TPSA) is 64.3 Å². The van der Waals surface area contributed by atoms with Gasteiger partial charge >= 0.3 is 5.97 Å². The van der Waals surface area contributed by atoms with E-state index in [1.807, 2.05) is 28.8 Å². The van der Waals surface area contributed by atoms with E-state index in [2.05, 4.69) is 20.8 Å². The number of imidazole rings is 1. The van der Waals surface area contributed by atoms with Crippen LogP contribution in [0.5, 0.6) is 5.75 Å². The Morgan fingerprint density at radius 2 is 1.83 bits per heavy atom. The summed E-state index contributed by atoms with van der Waals surface area (Å²) >= 11 is 0. The van der Waals surface area contributed by atoms with Crippen LogP contribution in [0.25, 0.3) is 22.4 Å². The number of esters is 1. The van der Waals surface area contributed by atoms with Crippen molar-refractivity contribution in [1.29, 1.82) is 0 Å². The molecule has 1 fully saturated rings. The van der Waals surface area contributed by atoms with Crippen molar-refractivity contribution in [2.45, 2.75) is 65.5 Å². The highest BCUT2D eigenvalue weighted by molar-refractivity contribution is 5.83. The van der Waals surface area contributed by atoms with Crippen LogP contribution in [-0.4, -0.2) is 26.7 Å². The minimum atomic E-state index is -0.225. The van der Waals surface area contributed by atoms with Crippen molar-refractivity contribution in [2.75, 3.05) is 0 Å². The number of carbonyl (C=O) groups is 1. The molecule has 0 spiro atoms. The number of aromatic hydroxyl groups is 1. The van der Waals surface area contributed by atoms with Crippen LogP contribution >= 0.6 is 0 Å². The number of phenolic OH excluding ortho intramolecular Hbond substituents is 1. The number of nitrogens with zero attached hydrogens (tertiary/aromatic N) is 2. The Hall–Kier alpha value is -2.82. The molecule has 0 radical (unpaired) electrons. The number of para-hydroxylation sites is 2. The van der Waals surface area contributed by atoms with Gasteiger partial charge in [-0.05, 0) is 61.6 Å².